The van der Waals surface area contributed by atoms with Gasteiger partial charge in [-0.15, -0.1) is 0 Å². The summed E-state index contributed by atoms with van der Waals surface area (Å²) < 4.78 is 5.18. The van der Waals surface area contributed by atoms with E-state index in [4.69, 9.17) is 4.74 Å². The zero-order valence-corrected chi connectivity index (χ0v) is 13.1. The number of rotatable bonds is 5. The average molecular weight is 282 g/mol. The number of allylic oxidation sites excluding steroid dienone is 1. The average Bonchev–Trinajstić information content (AvgIpc) is 3.03. The number of carbonyl (C=O) groups is 2. The second-order valence-electron chi connectivity index (χ2n) is 6.56. The topological polar surface area (TPSA) is 67.4 Å². The maximum atomic E-state index is 11.7. The van der Waals surface area contributed by atoms with Gasteiger partial charge in [0.25, 0.3) is 0 Å². The minimum Gasteiger partial charge on any atom is -0.444 e. The van der Waals surface area contributed by atoms with Crippen molar-refractivity contribution in [1.82, 2.24) is 10.6 Å². The smallest absolute Gasteiger partial charge is 0.407 e. The van der Waals surface area contributed by atoms with E-state index in [-0.39, 0.29) is 11.9 Å². The Labute approximate surface area is 121 Å². The number of ether oxygens (including phenoxy) is 1. The molecular formula is C15H26N2O3. The van der Waals surface area contributed by atoms with Crippen LogP contribution in [0.2, 0.25) is 0 Å². The zero-order chi connectivity index (χ0) is 15.3. The first-order valence-corrected chi connectivity index (χ1v) is 7.09. The lowest BCUT2D eigenvalue weighted by Crippen LogP contribution is -2.45. The van der Waals surface area contributed by atoms with Gasteiger partial charge in [0.05, 0.1) is 0 Å². The third kappa shape index (κ3) is 7.16. The Balaban J connectivity index is 2.42. The Kier molecular flexibility index (Phi) is 5.60. The van der Waals surface area contributed by atoms with Gasteiger partial charge in [0.1, 0.15) is 5.60 Å². The molecule has 5 nitrogen and oxygen atoms in total. The lowest BCUT2D eigenvalue weighted by atomic mass is 10.1. The molecule has 1 atom stereocenters. The first kappa shape index (κ1) is 16.5. The minimum absolute atomic E-state index is 0.0226. The minimum atomic E-state index is -0.509. The summed E-state index contributed by atoms with van der Waals surface area (Å²) in [5, 5.41) is 5.67. The Hall–Kier alpha value is -1.52. The van der Waals surface area contributed by atoms with Crippen LogP contribution >= 0.6 is 0 Å². The van der Waals surface area contributed by atoms with Crippen LogP contribution in [0.5, 0.6) is 0 Å². The summed E-state index contributed by atoms with van der Waals surface area (Å²) in [6, 6.07) is -0.0226. The first-order valence-electron chi connectivity index (χ1n) is 7.09. The van der Waals surface area contributed by atoms with Gasteiger partial charge in [-0.2, -0.15) is 0 Å². The SMILES string of the molecule is CC(C)=CC(=O)N[C@H](CNC(=O)OC(C)(C)C)C1CC1. The van der Waals surface area contributed by atoms with Crippen LogP contribution in [0.1, 0.15) is 47.5 Å². The van der Waals surface area contributed by atoms with Crippen LogP contribution in [0.3, 0.4) is 0 Å². The molecule has 0 aromatic heterocycles. The van der Waals surface area contributed by atoms with Crippen molar-refractivity contribution in [2.24, 2.45) is 5.92 Å². The third-order valence-corrected chi connectivity index (χ3v) is 2.80. The molecule has 0 heterocycles. The molecule has 1 aliphatic rings. The van der Waals surface area contributed by atoms with Gasteiger partial charge in [0.2, 0.25) is 5.91 Å². The van der Waals surface area contributed by atoms with Crippen molar-refractivity contribution >= 4 is 12.0 Å². The third-order valence-electron chi connectivity index (χ3n) is 2.80. The molecule has 0 aliphatic heterocycles. The Bertz CT molecular complexity index is 388. The number of hydrogen-bond acceptors (Lipinski definition) is 3. The largest absolute Gasteiger partial charge is 0.444 e. The predicted molar refractivity (Wildman–Crippen MR) is 78.3 cm³/mol. The summed E-state index contributed by atoms with van der Waals surface area (Å²) >= 11 is 0. The molecule has 0 spiro atoms. The monoisotopic (exact) mass is 282 g/mol. The molecule has 0 radical (unpaired) electrons. The predicted octanol–water partition coefficient (Wildman–Crippen LogP) is 2.37. The van der Waals surface area contributed by atoms with Crippen LogP contribution in [0.15, 0.2) is 11.6 Å². The fourth-order valence-electron chi connectivity index (χ4n) is 1.83. The zero-order valence-electron chi connectivity index (χ0n) is 13.1. The molecule has 20 heavy (non-hydrogen) atoms. The van der Waals surface area contributed by atoms with Crippen molar-refractivity contribution in [3.63, 3.8) is 0 Å². The quantitative estimate of drug-likeness (QED) is 0.761. The molecule has 0 unspecified atom stereocenters. The summed E-state index contributed by atoms with van der Waals surface area (Å²) in [4.78, 5) is 23.3. The number of carbonyl (C=O) groups excluding carboxylic acids is 2. The van der Waals surface area contributed by atoms with Gasteiger partial charge < -0.3 is 15.4 Å². The van der Waals surface area contributed by atoms with E-state index in [1.54, 1.807) is 6.08 Å². The highest BCUT2D eigenvalue weighted by Gasteiger charge is 2.32. The first-order chi connectivity index (χ1) is 9.17. The molecule has 114 valence electrons. The summed E-state index contributed by atoms with van der Waals surface area (Å²) in [5.41, 5.74) is 0.446. The van der Waals surface area contributed by atoms with E-state index < -0.39 is 11.7 Å². The second kappa shape index (κ2) is 6.77. The Morgan fingerprint density at radius 3 is 2.35 bits per heavy atom. The fraction of sp³-hybridized carbons (Fsp3) is 0.733. The molecule has 0 saturated heterocycles. The van der Waals surface area contributed by atoms with Gasteiger partial charge in [-0.1, -0.05) is 5.57 Å². The van der Waals surface area contributed by atoms with Crippen molar-refractivity contribution < 1.29 is 14.3 Å². The molecule has 0 bridgehead atoms. The van der Waals surface area contributed by atoms with Crippen LogP contribution in [-0.4, -0.2) is 30.2 Å². The van der Waals surface area contributed by atoms with Gasteiger partial charge in [0, 0.05) is 18.7 Å². The molecule has 1 saturated carbocycles. The Morgan fingerprint density at radius 1 is 1.30 bits per heavy atom. The van der Waals surface area contributed by atoms with Gasteiger partial charge >= 0.3 is 6.09 Å². The molecule has 5 heteroatoms. The molecule has 0 aromatic carbocycles. The summed E-state index contributed by atoms with van der Waals surface area (Å²) in [6.07, 6.45) is 3.31. The van der Waals surface area contributed by atoms with E-state index in [1.165, 1.54) is 0 Å². The van der Waals surface area contributed by atoms with Crippen LogP contribution in [-0.2, 0) is 9.53 Å². The molecule has 1 fully saturated rings. The fourth-order valence-corrected chi connectivity index (χ4v) is 1.83. The maximum absolute atomic E-state index is 11.7. The maximum Gasteiger partial charge on any atom is 0.407 e. The van der Waals surface area contributed by atoms with E-state index in [9.17, 15) is 9.59 Å². The summed E-state index contributed by atoms with van der Waals surface area (Å²) in [5.74, 6) is 0.354. The van der Waals surface area contributed by atoms with Gasteiger partial charge in [-0.25, -0.2) is 4.79 Å². The highest BCUT2D eigenvalue weighted by molar-refractivity contribution is 5.88. The van der Waals surface area contributed by atoms with Gasteiger partial charge in [0.15, 0.2) is 0 Å². The van der Waals surface area contributed by atoms with Crippen molar-refractivity contribution in [2.75, 3.05) is 6.54 Å². The molecule has 0 aromatic rings. The van der Waals surface area contributed by atoms with Crippen molar-refractivity contribution in [1.29, 1.82) is 0 Å². The van der Waals surface area contributed by atoms with E-state index in [0.717, 1.165) is 18.4 Å². The number of hydrogen-bond donors (Lipinski definition) is 2. The molecule has 2 N–H and O–H groups in total. The highest BCUT2D eigenvalue weighted by Crippen LogP contribution is 2.32. The molecule has 2 amide bonds. The van der Waals surface area contributed by atoms with E-state index in [2.05, 4.69) is 10.6 Å². The standard InChI is InChI=1S/C15H26N2O3/c1-10(2)8-13(18)17-12(11-6-7-11)9-16-14(19)20-15(3,4)5/h8,11-12H,6-7,9H2,1-5H3,(H,16,19)(H,17,18)/t12-/m1/s1. The number of amides is 2. The van der Waals surface area contributed by atoms with Gasteiger partial charge in [-0.05, 0) is 53.4 Å². The number of nitrogens with one attached hydrogen (secondary N) is 2. The summed E-state index contributed by atoms with van der Waals surface area (Å²) in [7, 11) is 0. The normalized spacial score (nSPS) is 16.1. The van der Waals surface area contributed by atoms with E-state index in [1.807, 2.05) is 34.6 Å². The second-order valence-corrected chi connectivity index (χ2v) is 6.56. The highest BCUT2D eigenvalue weighted by atomic mass is 16.6. The lowest BCUT2D eigenvalue weighted by molar-refractivity contribution is -0.117. The number of alkyl carbamates (subject to hydrolysis) is 1. The van der Waals surface area contributed by atoms with Crippen molar-refractivity contribution in [2.45, 2.75) is 59.1 Å². The van der Waals surface area contributed by atoms with Crippen LogP contribution in [0.4, 0.5) is 4.79 Å². The molecule has 1 rings (SSSR count). The van der Waals surface area contributed by atoms with Crippen molar-refractivity contribution in [3.05, 3.63) is 11.6 Å². The molecular weight excluding hydrogens is 256 g/mol. The van der Waals surface area contributed by atoms with Crippen LogP contribution in [0, 0.1) is 5.92 Å². The van der Waals surface area contributed by atoms with Gasteiger partial charge in [-0.3, -0.25) is 4.79 Å². The van der Waals surface area contributed by atoms with E-state index in [0.29, 0.717) is 12.5 Å². The van der Waals surface area contributed by atoms with Crippen LogP contribution < -0.4 is 10.6 Å². The van der Waals surface area contributed by atoms with Crippen LogP contribution in [0.25, 0.3) is 0 Å². The lowest BCUT2D eigenvalue weighted by Gasteiger charge is -2.22. The van der Waals surface area contributed by atoms with Crippen molar-refractivity contribution in [3.8, 4) is 0 Å². The summed E-state index contributed by atoms with van der Waals surface area (Å²) in [6.45, 7) is 9.63. The molecule has 1 aliphatic carbocycles. The Morgan fingerprint density at radius 2 is 1.90 bits per heavy atom. The van der Waals surface area contributed by atoms with E-state index >= 15 is 0 Å².